The van der Waals surface area contributed by atoms with E-state index in [2.05, 4.69) is 15.3 Å². The van der Waals surface area contributed by atoms with Crippen LogP contribution >= 0.6 is 0 Å². The summed E-state index contributed by atoms with van der Waals surface area (Å²) in [5.41, 5.74) is 8.14. The van der Waals surface area contributed by atoms with Crippen LogP contribution in [0.3, 0.4) is 0 Å². The number of imidazole rings is 1. The molecule has 0 radical (unpaired) electrons. The number of fused-ring (bicyclic) bond motifs is 1. The number of nitrogens with two attached hydrogens (primary N) is 1. The summed E-state index contributed by atoms with van der Waals surface area (Å²) < 4.78 is 21.9. The molecule has 0 saturated heterocycles. The van der Waals surface area contributed by atoms with Gasteiger partial charge < -0.3 is 20.9 Å². The van der Waals surface area contributed by atoms with Crippen molar-refractivity contribution in [3.8, 4) is 11.4 Å². The molecule has 5 rings (SSSR count). The molecule has 1 fully saturated rings. The van der Waals surface area contributed by atoms with E-state index in [0.717, 1.165) is 24.5 Å². The lowest BCUT2D eigenvalue weighted by atomic mass is 9.93. The van der Waals surface area contributed by atoms with Crippen LogP contribution in [0.1, 0.15) is 47.6 Å². The van der Waals surface area contributed by atoms with Crippen LogP contribution < -0.4 is 21.5 Å². The van der Waals surface area contributed by atoms with E-state index in [-0.39, 0.29) is 35.4 Å². The minimum Gasteiger partial charge on any atom is -0.496 e. The first-order chi connectivity index (χ1) is 17.9. The van der Waals surface area contributed by atoms with Crippen molar-refractivity contribution in [2.24, 2.45) is 0 Å². The first-order valence-electron chi connectivity index (χ1n) is 12.0. The molecule has 1 amide bonds. The number of aliphatic hydroxyl groups is 1. The number of ether oxygens (including phenoxy) is 1. The maximum absolute atomic E-state index is 13.6. The molecule has 11 heteroatoms. The minimum atomic E-state index is -0.536. The third-order valence-corrected chi connectivity index (χ3v) is 6.72. The number of aliphatic hydroxyl groups excluding tert-OH is 1. The zero-order valence-corrected chi connectivity index (χ0v) is 20.2. The molecule has 0 spiro atoms. The van der Waals surface area contributed by atoms with Crippen LogP contribution in [0.15, 0.2) is 53.6 Å². The fraction of sp³-hybridized carbons (Fsp3) is 0.308. The van der Waals surface area contributed by atoms with E-state index in [1.54, 1.807) is 28.8 Å². The van der Waals surface area contributed by atoms with Gasteiger partial charge in [0, 0.05) is 12.6 Å². The van der Waals surface area contributed by atoms with E-state index in [4.69, 9.17) is 10.5 Å². The Morgan fingerprint density at radius 2 is 2.00 bits per heavy atom. The quantitative estimate of drug-likeness (QED) is 0.366. The normalized spacial score (nSPS) is 17.6. The van der Waals surface area contributed by atoms with E-state index < -0.39 is 17.8 Å². The first kappa shape index (κ1) is 24.4. The van der Waals surface area contributed by atoms with Crippen molar-refractivity contribution < 1.29 is 19.0 Å². The molecule has 4 aromatic rings. The van der Waals surface area contributed by atoms with Gasteiger partial charge in [-0.1, -0.05) is 12.1 Å². The molecule has 0 bridgehead atoms. The predicted molar refractivity (Wildman–Crippen MR) is 135 cm³/mol. The highest BCUT2D eigenvalue weighted by atomic mass is 19.1. The summed E-state index contributed by atoms with van der Waals surface area (Å²) in [4.78, 5) is 34.6. The molecule has 2 atom stereocenters. The van der Waals surface area contributed by atoms with Crippen molar-refractivity contribution >= 4 is 22.9 Å². The zero-order valence-electron chi connectivity index (χ0n) is 20.2. The van der Waals surface area contributed by atoms with Gasteiger partial charge in [0.2, 0.25) is 0 Å². The van der Waals surface area contributed by atoms with Crippen molar-refractivity contribution in [1.82, 2.24) is 24.4 Å². The van der Waals surface area contributed by atoms with Crippen LogP contribution in [-0.2, 0) is 6.54 Å². The largest absolute Gasteiger partial charge is 0.496 e. The average Bonchev–Trinajstić information content (AvgIpc) is 3.20. The van der Waals surface area contributed by atoms with Crippen LogP contribution in [0.4, 0.5) is 10.2 Å². The van der Waals surface area contributed by atoms with Crippen LogP contribution in [0.2, 0.25) is 0 Å². The molecule has 0 aliphatic heterocycles. The number of carbonyl (C=O) groups excluding carboxylic acids is 1. The fourth-order valence-electron chi connectivity index (χ4n) is 4.91. The molecule has 2 heterocycles. The number of nitrogens with zero attached hydrogens (tertiary/aromatic N) is 4. The number of nitrogen functional groups attached to an aromatic ring is 1. The Balaban J connectivity index is 1.43. The number of aromatic nitrogens is 4. The molecule has 1 saturated carbocycles. The van der Waals surface area contributed by atoms with Gasteiger partial charge in [-0.15, -0.1) is 0 Å². The number of hydrogen-bond acceptors (Lipinski definition) is 7. The second kappa shape index (κ2) is 10.0. The Hall–Kier alpha value is -4.25. The number of hydrogen-bond donors (Lipinski definition) is 3. The van der Waals surface area contributed by atoms with Gasteiger partial charge >= 0.3 is 5.69 Å². The van der Waals surface area contributed by atoms with Gasteiger partial charge in [-0.05, 0) is 61.6 Å². The number of halogens is 1. The van der Waals surface area contributed by atoms with Crippen LogP contribution in [0.25, 0.3) is 16.9 Å². The zero-order chi connectivity index (χ0) is 26.1. The lowest BCUT2D eigenvalue weighted by Gasteiger charge is -2.26. The highest BCUT2D eigenvalue weighted by molar-refractivity contribution is 5.96. The fourth-order valence-corrected chi connectivity index (χ4v) is 4.91. The summed E-state index contributed by atoms with van der Waals surface area (Å²) in [6.07, 6.45) is 3.62. The molecule has 37 heavy (non-hydrogen) atoms. The van der Waals surface area contributed by atoms with Gasteiger partial charge in [0.1, 0.15) is 23.4 Å². The number of anilines is 1. The Morgan fingerprint density at radius 1 is 1.22 bits per heavy atom. The van der Waals surface area contributed by atoms with E-state index in [1.165, 1.54) is 30.1 Å². The Labute approximate surface area is 211 Å². The third-order valence-electron chi connectivity index (χ3n) is 6.72. The molecular weight excluding hydrogens is 479 g/mol. The lowest BCUT2D eigenvalue weighted by molar-refractivity contribution is 0.0947. The highest BCUT2D eigenvalue weighted by Crippen LogP contribution is 2.31. The van der Waals surface area contributed by atoms with Gasteiger partial charge in [-0.2, -0.15) is 0 Å². The van der Waals surface area contributed by atoms with Crippen molar-refractivity contribution in [2.45, 2.75) is 44.4 Å². The van der Waals surface area contributed by atoms with Gasteiger partial charge in [-0.3, -0.25) is 13.9 Å². The van der Waals surface area contributed by atoms with Crippen molar-refractivity contribution in [3.05, 3.63) is 76.2 Å². The standard InChI is InChI=1S/C26H27FN6O4/c1-37-21-10-7-16(27)11-20(21)25(35)29-13-15-5-8-17(9-6-15)32-22-23(28)30-14-31-24(22)33(26(32)36)18-3-2-4-19(34)12-18/h5-11,14,18-19,34H,2-4,12-13H2,1H3,(H,29,35)(H2,28,30,31). The summed E-state index contributed by atoms with van der Waals surface area (Å²) in [5.74, 6) is -0.557. The number of amides is 1. The lowest BCUT2D eigenvalue weighted by Crippen LogP contribution is -2.31. The number of nitrogens with one attached hydrogen (secondary N) is 1. The van der Waals surface area contributed by atoms with Crippen molar-refractivity contribution in [3.63, 3.8) is 0 Å². The van der Waals surface area contributed by atoms with Gasteiger partial charge in [0.05, 0.1) is 24.5 Å². The second-order valence-corrected chi connectivity index (χ2v) is 9.09. The molecule has 2 aromatic carbocycles. The van der Waals surface area contributed by atoms with Crippen LogP contribution in [0, 0.1) is 5.82 Å². The van der Waals surface area contributed by atoms with E-state index in [9.17, 15) is 19.1 Å². The van der Waals surface area contributed by atoms with E-state index >= 15 is 0 Å². The van der Waals surface area contributed by atoms with Crippen molar-refractivity contribution in [1.29, 1.82) is 0 Å². The van der Waals surface area contributed by atoms with Crippen LogP contribution in [0.5, 0.6) is 5.75 Å². The summed E-state index contributed by atoms with van der Waals surface area (Å²) in [6.45, 7) is 0.181. The molecule has 2 unspecified atom stereocenters. The summed E-state index contributed by atoms with van der Waals surface area (Å²) in [6, 6.07) is 10.6. The van der Waals surface area contributed by atoms with Crippen LogP contribution in [-0.4, -0.2) is 43.3 Å². The SMILES string of the molecule is COc1ccc(F)cc1C(=O)NCc1ccc(-n2c(=O)n(C3CCCC(O)C3)c3ncnc(N)c32)cc1. The highest BCUT2D eigenvalue weighted by Gasteiger charge is 2.28. The van der Waals surface area contributed by atoms with E-state index in [1.807, 2.05) is 0 Å². The maximum atomic E-state index is 13.6. The van der Waals surface area contributed by atoms with Gasteiger partial charge in [0.15, 0.2) is 11.5 Å². The molecule has 4 N–H and O–H groups in total. The number of benzene rings is 2. The smallest absolute Gasteiger partial charge is 0.335 e. The minimum absolute atomic E-state index is 0.0989. The summed E-state index contributed by atoms with van der Waals surface area (Å²) >= 11 is 0. The number of rotatable bonds is 6. The summed E-state index contributed by atoms with van der Waals surface area (Å²) in [5, 5.41) is 12.9. The number of carbonyl (C=O) groups is 1. The Bertz CT molecular complexity index is 1510. The second-order valence-electron chi connectivity index (χ2n) is 9.09. The molecule has 2 aromatic heterocycles. The molecule has 192 valence electrons. The average molecular weight is 507 g/mol. The molecule has 1 aliphatic rings. The first-order valence-corrected chi connectivity index (χ1v) is 12.0. The van der Waals surface area contributed by atoms with Gasteiger partial charge in [-0.25, -0.2) is 19.2 Å². The molecular formula is C26H27FN6O4. The monoisotopic (exact) mass is 506 g/mol. The maximum Gasteiger partial charge on any atom is 0.335 e. The Morgan fingerprint density at radius 3 is 2.73 bits per heavy atom. The van der Waals surface area contributed by atoms with Crippen molar-refractivity contribution in [2.75, 3.05) is 12.8 Å². The third kappa shape index (κ3) is 4.65. The number of methoxy groups -OCH3 is 1. The van der Waals surface area contributed by atoms with Gasteiger partial charge in [0.25, 0.3) is 5.91 Å². The topological polar surface area (TPSA) is 137 Å². The predicted octanol–water partition coefficient (Wildman–Crippen LogP) is 2.72. The summed E-state index contributed by atoms with van der Waals surface area (Å²) in [7, 11) is 1.41. The van der Waals surface area contributed by atoms with E-state index in [0.29, 0.717) is 29.7 Å². The molecule has 1 aliphatic carbocycles. The molecule has 10 nitrogen and oxygen atoms in total. The Kier molecular flexibility index (Phi) is 6.62.